The maximum Gasteiger partial charge on any atom is 0.227 e. The third-order valence-electron chi connectivity index (χ3n) is 5.71. The molecule has 0 saturated heterocycles. The summed E-state index contributed by atoms with van der Waals surface area (Å²) in [5.74, 6) is 0.612. The normalized spacial score (nSPS) is 17.1. The van der Waals surface area contributed by atoms with Crippen molar-refractivity contribution in [3.05, 3.63) is 53.7 Å². The van der Waals surface area contributed by atoms with Gasteiger partial charge in [-0.25, -0.2) is 18.4 Å². The molecule has 4 rings (SSSR count). The number of methoxy groups -OCH3 is 1. The molecule has 0 amide bonds. The van der Waals surface area contributed by atoms with E-state index >= 15 is 0 Å². The van der Waals surface area contributed by atoms with E-state index in [0.29, 0.717) is 29.2 Å². The first-order valence-electron chi connectivity index (χ1n) is 10.1. The van der Waals surface area contributed by atoms with Crippen molar-refractivity contribution in [2.24, 2.45) is 0 Å². The predicted octanol–water partition coefficient (Wildman–Crippen LogP) is 2.85. The Kier molecular flexibility index (Phi) is 5.69. The minimum atomic E-state index is -3.38. The van der Waals surface area contributed by atoms with E-state index in [9.17, 15) is 18.8 Å². The van der Waals surface area contributed by atoms with E-state index in [0.717, 1.165) is 23.1 Å². The summed E-state index contributed by atoms with van der Waals surface area (Å²) < 4.78 is 29.0. The third-order valence-corrected chi connectivity index (χ3v) is 6.82. The number of nitriles is 1. The number of benzene rings is 2. The summed E-state index contributed by atoms with van der Waals surface area (Å²) in [6, 6.07) is 12.1. The van der Waals surface area contributed by atoms with E-state index < -0.39 is 15.3 Å². The second-order valence-electron chi connectivity index (χ2n) is 8.16. The fourth-order valence-corrected chi connectivity index (χ4v) is 4.41. The highest BCUT2D eigenvalue weighted by atomic mass is 32.2. The van der Waals surface area contributed by atoms with Gasteiger partial charge in [0.25, 0.3) is 0 Å². The SMILES string of the molecule is COc1cc(S(C)(=O)=O)ccc1Nc1nccc(-c2cc(C#N)c3c(c2)C(C)(CO)CN3)n1. The average molecular weight is 466 g/mol. The van der Waals surface area contributed by atoms with E-state index in [4.69, 9.17) is 4.74 Å². The van der Waals surface area contributed by atoms with Crippen molar-refractivity contribution in [2.75, 3.05) is 37.2 Å². The largest absolute Gasteiger partial charge is 0.495 e. The molecule has 3 aromatic rings. The van der Waals surface area contributed by atoms with Crippen LogP contribution in [0.15, 0.2) is 47.5 Å². The van der Waals surface area contributed by atoms with Crippen LogP contribution >= 0.6 is 0 Å². The van der Waals surface area contributed by atoms with Crippen molar-refractivity contribution in [1.82, 2.24) is 9.97 Å². The van der Waals surface area contributed by atoms with Crippen molar-refractivity contribution in [1.29, 1.82) is 5.26 Å². The summed E-state index contributed by atoms with van der Waals surface area (Å²) >= 11 is 0. The summed E-state index contributed by atoms with van der Waals surface area (Å²) in [5, 5.41) is 25.9. The Bertz CT molecular complexity index is 1380. The van der Waals surface area contributed by atoms with Gasteiger partial charge in [-0.2, -0.15) is 5.26 Å². The highest BCUT2D eigenvalue weighted by Crippen LogP contribution is 2.41. The molecule has 0 spiro atoms. The van der Waals surface area contributed by atoms with Crippen LogP contribution in [-0.2, 0) is 15.3 Å². The average Bonchev–Trinajstić information content (AvgIpc) is 3.15. The standard InChI is InChI=1S/C23H23N5O4S/c1-23(13-29)12-26-21-15(11-24)8-14(9-17(21)23)18-6-7-25-22(27-18)28-19-5-4-16(33(3,30)31)10-20(19)32-2/h4-10,26,29H,12-13H2,1-3H3,(H,25,27,28). The van der Waals surface area contributed by atoms with E-state index in [-0.39, 0.29) is 17.5 Å². The first-order valence-corrected chi connectivity index (χ1v) is 12.0. The molecule has 9 nitrogen and oxygen atoms in total. The Balaban J connectivity index is 1.72. The van der Waals surface area contributed by atoms with Crippen molar-refractivity contribution in [2.45, 2.75) is 17.2 Å². The number of aromatic nitrogens is 2. The lowest BCUT2D eigenvalue weighted by atomic mass is 9.83. The zero-order valence-corrected chi connectivity index (χ0v) is 19.2. The van der Waals surface area contributed by atoms with Crippen molar-refractivity contribution in [3.8, 4) is 23.1 Å². The number of sulfone groups is 1. The molecule has 1 atom stereocenters. The number of anilines is 3. The molecule has 2 heterocycles. The van der Waals surface area contributed by atoms with Gasteiger partial charge in [-0.05, 0) is 35.9 Å². The molecule has 10 heteroatoms. The smallest absolute Gasteiger partial charge is 0.227 e. The number of aliphatic hydroxyl groups is 1. The Morgan fingerprint density at radius 2 is 2.09 bits per heavy atom. The molecule has 0 fully saturated rings. The molecule has 0 bridgehead atoms. The molecule has 0 aliphatic carbocycles. The first kappa shape index (κ1) is 22.5. The lowest BCUT2D eigenvalue weighted by Gasteiger charge is -2.21. The van der Waals surface area contributed by atoms with Gasteiger partial charge in [0, 0.05) is 36.0 Å². The number of ether oxygens (including phenoxy) is 1. The van der Waals surface area contributed by atoms with Crippen LogP contribution in [0.2, 0.25) is 0 Å². The van der Waals surface area contributed by atoms with Gasteiger partial charge in [0.1, 0.15) is 11.8 Å². The maximum atomic E-state index is 11.8. The van der Waals surface area contributed by atoms with Gasteiger partial charge in [0.15, 0.2) is 9.84 Å². The van der Waals surface area contributed by atoms with Gasteiger partial charge in [-0.3, -0.25) is 0 Å². The van der Waals surface area contributed by atoms with Crippen molar-refractivity contribution < 1.29 is 18.3 Å². The van der Waals surface area contributed by atoms with Crippen LogP contribution in [0.3, 0.4) is 0 Å². The number of rotatable bonds is 6. The highest BCUT2D eigenvalue weighted by Gasteiger charge is 2.36. The second-order valence-corrected chi connectivity index (χ2v) is 10.2. The molecule has 0 radical (unpaired) electrons. The summed E-state index contributed by atoms with van der Waals surface area (Å²) in [7, 11) is -1.93. The monoisotopic (exact) mass is 465 g/mol. The van der Waals surface area contributed by atoms with Crippen molar-refractivity contribution >= 4 is 27.2 Å². The molecule has 3 N–H and O–H groups in total. The van der Waals surface area contributed by atoms with Crippen LogP contribution in [0.1, 0.15) is 18.1 Å². The Morgan fingerprint density at radius 1 is 1.30 bits per heavy atom. The van der Waals surface area contributed by atoms with Crippen LogP contribution in [-0.4, -0.2) is 50.0 Å². The lowest BCUT2D eigenvalue weighted by molar-refractivity contribution is 0.219. The number of aliphatic hydroxyl groups excluding tert-OH is 1. The molecular formula is C23H23N5O4S. The summed E-state index contributed by atoms with van der Waals surface area (Å²) in [4.78, 5) is 8.97. The van der Waals surface area contributed by atoms with Crippen LogP contribution in [0.5, 0.6) is 5.75 Å². The van der Waals surface area contributed by atoms with Gasteiger partial charge >= 0.3 is 0 Å². The number of hydrogen-bond donors (Lipinski definition) is 3. The Hall–Kier alpha value is -3.68. The van der Waals surface area contributed by atoms with Gasteiger partial charge in [-0.1, -0.05) is 6.92 Å². The van der Waals surface area contributed by atoms with E-state index in [1.54, 1.807) is 24.4 Å². The Morgan fingerprint density at radius 3 is 2.76 bits per heavy atom. The minimum absolute atomic E-state index is 0.0544. The van der Waals surface area contributed by atoms with Gasteiger partial charge in [0.05, 0.1) is 41.2 Å². The van der Waals surface area contributed by atoms with Crippen molar-refractivity contribution in [3.63, 3.8) is 0 Å². The highest BCUT2D eigenvalue weighted by molar-refractivity contribution is 7.90. The summed E-state index contributed by atoms with van der Waals surface area (Å²) in [5.41, 5.74) is 3.40. The quantitative estimate of drug-likeness (QED) is 0.502. The molecule has 0 saturated carbocycles. The third kappa shape index (κ3) is 4.20. The molecule has 33 heavy (non-hydrogen) atoms. The van der Waals surface area contributed by atoms with Gasteiger partial charge in [0.2, 0.25) is 5.95 Å². The number of fused-ring (bicyclic) bond motifs is 1. The molecular weight excluding hydrogens is 442 g/mol. The molecule has 170 valence electrons. The van der Waals surface area contributed by atoms with Crippen LogP contribution < -0.4 is 15.4 Å². The molecule has 1 aliphatic rings. The molecule has 1 aromatic heterocycles. The summed E-state index contributed by atoms with van der Waals surface area (Å²) in [6.07, 6.45) is 2.72. The topological polar surface area (TPSA) is 137 Å². The lowest BCUT2D eigenvalue weighted by Crippen LogP contribution is -2.28. The number of nitrogens with one attached hydrogen (secondary N) is 2. The first-order chi connectivity index (χ1) is 15.7. The van der Waals surface area contributed by atoms with Crippen LogP contribution in [0.25, 0.3) is 11.3 Å². The van der Waals surface area contributed by atoms with E-state index in [2.05, 4.69) is 26.7 Å². The molecule has 1 unspecified atom stereocenters. The molecule has 2 aromatic carbocycles. The summed E-state index contributed by atoms with van der Waals surface area (Å²) in [6.45, 7) is 2.42. The minimum Gasteiger partial charge on any atom is -0.495 e. The van der Waals surface area contributed by atoms with E-state index in [1.165, 1.54) is 19.2 Å². The zero-order chi connectivity index (χ0) is 23.8. The molecule has 1 aliphatic heterocycles. The number of hydrogen-bond acceptors (Lipinski definition) is 9. The second kappa shape index (κ2) is 8.35. The number of nitrogens with zero attached hydrogens (tertiary/aromatic N) is 3. The zero-order valence-electron chi connectivity index (χ0n) is 18.4. The Labute approximate surface area is 192 Å². The fraction of sp³-hybridized carbons (Fsp3) is 0.261. The fourth-order valence-electron chi connectivity index (χ4n) is 3.77. The van der Waals surface area contributed by atoms with Gasteiger partial charge in [-0.15, -0.1) is 0 Å². The van der Waals surface area contributed by atoms with Crippen LogP contribution in [0.4, 0.5) is 17.3 Å². The predicted molar refractivity (Wildman–Crippen MR) is 124 cm³/mol. The van der Waals surface area contributed by atoms with Crippen LogP contribution in [0, 0.1) is 11.3 Å². The maximum absolute atomic E-state index is 11.8. The van der Waals surface area contributed by atoms with Gasteiger partial charge < -0.3 is 20.5 Å². The van der Waals surface area contributed by atoms with E-state index in [1.807, 2.05) is 13.0 Å².